The van der Waals surface area contributed by atoms with Gasteiger partial charge in [-0.05, 0) is 49.6 Å². The van der Waals surface area contributed by atoms with Crippen molar-refractivity contribution in [2.75, 3.05) is 13.6 Å². The molecule has 0 fully saturated rings. The molecule has 1 aromatic heterocycles. The van der Waals surface area contributed by atoms with Gasteiger partial charge in [0.25, 0.3) is 0 Å². The van der Waals surface area contributed by atoms with E-state index in [1.54, 1.807) is 25.4 Å². The molecule has 152 valence electrons. The number of aryl methyl sites for hydroxylation is 1. The van der Waals surface area contributed by atoms with Crippen molar-refractivity contribution in [1.82, 2.24) is 15.6 Å². The minimum absolute atomic E-state index is 0.276. The summed E-state index contributed by atoms with van der Waals surface area (Å²) in [7, 11) is 1.77. The molecule has 1 unspecified atom stereocenters. The molecule has 0 amide bonds. The number of benzene rings is 2. The minimum Gasteiger partial charge on any atom is -0.444 e. The summed E-state index contributed by atoms with van der Waals surface area (Å²) < 4.78 is 18.5. The van der Waals surface area contributed by atoms with E-state index in [0.717, 1.165) is 30.1 Å². The summed E-state index contributed by atoms with van der Waals surface area (Å²) in [4.78, 5) is 8.76. The normalized spacial score (nSPS) is 12.6. The van der Waals surface area contributed by atoms with Gasteiger partial charge < -0.3 is 15.1 Å². The molecule has 0 aliphatic rings. The second-order valence-corrected chi connectivity index (χ2v) is 6.97. The van der Waals surface area contributed by atoms with Gasteiger partial charge in [0.15, 0.2) is 5.96 Å². The number of nitrogens with zero attached hydrogens (tertiary/aromatic N) is 2. The van der Waals surface area contributed by atoms with E-state index < -0.39 is 0 Å². The fourth-order valence-electron chi connectivity index (χ4n) is 2.98. The van der Waals surface area contributed by atoms with Crippen LogP contribution >= 0.6 is 0 Å². The van der Waals surface area contributed by atoms with Gasteiger partial charge in [0, 0.05) is 31.6 Å². The lowest BCUT2D eigenvalue weighted by molar-refractivity contribution is 0.571. The van der Waals surface area contributed by atoms with Crippen molar-refractivity contribution < 1.29 is 8.81 Å². The zero-order valence-corrected chi connectivity index (χ0v) is 16.9. The molecule has 29 heavy (non-hydrogen) atoms. The first-order valence-electron chi connectivity index (χ1n) is 9.85. The number of aromatic nitrogens is 1. The van der Waals surface area contributed by atoms with Gasteiger partial charge in [-0.15, -0.1) is 0 Å². The maximum absolute atomic E-state index is 13.0. The third-order valence-corrected chi connectivity index (χ3v) is 4.63. The summed E-state index contributed by atoms with van der Waals surface area (Å²) in [6, 6.07) is 16.9. The first kappa shape index (κ1) is 20.6. The second-order valence-electron chi connectivity index (χ2n) is 6.97. The number of halogens is 1. The lowest BCUT2D eigenvalue weighted by Gasteiger charge is -2.17. The van der Waals surface area contributed by atoms with Gasteiger partial charge in [-0.3, -0.25) is 4.99 Å². The number of guanidine groups is 1. The predicted octanol–water partition coefficient (Wildman–Crippen LogP) is 4.21. The fraction of sp³-hybridized carbons (Fsp3) is 0.304. The molecular weight excluding hydrogens is 367 g/mol. The fourth-order valence-corrected chi connectivity index (χ4v) is 2.98. The van der Waals surface area contributed by atoms with E-state index >= 15 is 0 Å². The van der Waals surface area contributed by atoms with Crippen LogP contribution in [0.1, 0.15) is 24.6 Å². The van der Waals surface area contributed by atoms with Gasteiger partial charge in [0.1, 0.15) is 12.1 Å². The molecule has 0 saturated carbocycles. The van der Waals surface area contributed by atoms with Crippen molar-refractivity contribution in [3.05, 3.63) is 77.9 Å². The lowest BCUT2D eigenvalue weighted by Crippen LogP contribution is -2.43. The highest BCUT2D eigenvalue weighted by atomic mass is 19.1. The maximum Gasteiger partial charge on any atom is 0.226 e. The molecule has 5 nitrogen and oxygen atoms in total. The second kappa shape index (κ2) is 10.4. The molecule has 1 heterocycles. The lowest BCUT2D eigenvalue weighted by atomic mass is 10.1. The Labute approximate surface area is 171 Å². The SMILES string of the molecule is CN=C(NCCc1coc(-c2ccc(F)cc2)n1)NC(C)CCc1ccccc1. The van der Waals surface area contributed by atoms with E-state index in [-0.39, 0.29) is 5.82 Å². The van der Waals surface area contributed by atoms with Crippen molar-refractivity contribution in [2.45, 2.75) is 32.2 Å². The minimum atomic E-state index is -0.276. The van der Waals surface area contributed by atoms with Gasteiger partial charge in [-0.1, -0.05) is 30.3 Å². The summed E-state index contributed by atoms with van der Waals surface area (Å²) in [5.41, 5.74) is 2.94. The molecule has 0 aliphatic carbocycles. The van der Waals surface area contributed by atoms with E-state index in [9.17, 15) is 4.39 Å². The van der Waals surface area contributed by atoms with Gasteiger partial charge >= 0.3 is 0 Å². The van der Waals surface area contributed by atoms with E-state index in [1.807, 2.05) is 6.07 Å². The van der Waals surface area contributed by atoms with Gasteiger partial charge in [0.05, 0.1) is 5.69 Å². The van der Waals surface area contributed by atoms with Gasteiger partial charge in [-0.25, -0.2) is 9.37 Å². The van der Waals surface area contributed by atoms with Crippen LogP contribution in [0.25, 0.3) is 11.5 Å². The molecule has 2 aromatic carbocycles. The number of aliphatic imine (C=N–C) groups is 1. The van der Waals surface area contributed by atoms with Crippen LogP contribution in [0.5, 0.6) is 0 Å². The molecule has 0 aliphatic heterocycles. The molecule has 3 rings (SSSR count). The quantitative estimate of drug-likeness (QED) is 0.444. The Hall–Kier alpha value is -3.15. The Bertz CT molecular complexity index is 906. The molecule has 6 heteroatoms. The average molecular weight is 394 g/mol. The maximum atomic E-state index is 13.0. The van der Waals surface area contributed by atoms with Crippen LogP contribution in [0.15, 0.2) is 70.3 Å². The first-order valence-corrected chi connectivity index (χ1v) is 9.85. The Morgan fingerprint density at radius 1 is 1.10 bits per heavy atom. The van der Waals surface area contributed by atoms with Crippen LogP contribution in [0, 0.1) is 5.82 Å². The zero-order valence-electron chi connectivity index (χ0n) is 16.9. The third-order valence-electron chi connectivity index (χ3n) is 4.63. The Morgan fingerprint density at radius 2 is 1.86 bits per heavy atom. The van der Waals surface area contributed by atoms with Crippen LogP contribution in [0.4, 0.5) is 4.39 Å². The van der Waals surface area contributed by atoms with Crippen molar-refractivity contribution in [3.63, 3.8) is 0 Å². The van der Waals surface area contributed by atoms with E-state index in [2.05, 4.69) is 51.8 Å². The highest BCUT2D eigenvalue weighted by molar-refractivity contribution is 5.79. The Balaban J connectivity index is 1.42. The number of rotatable bonds is 8. The largest absolute Gasteiger partial charge is 0.444 e. The standard InChI is InChI=1S/C23H27FN4O/c1-17(8-9-18-6-4-3-5-7-18)27-23(25-2)26-15-14-21-16-29-22(28-21)19-10-12-20(24)13-11-19/h3-7,10-13,16-17H,8-9,14-15H2,1-2H3,(H2,25,26,27). The monoisotopic (exact) mass is 394 g/mol. The molecule has 1 atom stereocenters. The van der Waals surface area contributed by atoms with Gasteiger partial charge in [-0.2, -0.15) is 0 Å². The Morgan fingerprint density at radius 3 is 2.59 bits per heavy atom. The van der Waals surface area contributed by atoms with Crippen molar-refractivity contribution >= 4 is 5.96 Å². The molecule has 0 bridgehead atoms. The molecule has 2 N–H and O–H groups in total. The Kier molecular flexibility index (Phi) is 7.39. The van der Waals surface area contributed by atoms with E-state index in [4.69, 9.17) is 4.42 Å². The summed E-state index contributed by atoms with van der Waals surface area (Å²) in [6.45, 7) is 2.84. The zero-order chi connectivity index (χ0) is 20.5. The van der Waals surface area contributed by atoms with Gasteiger partial charge in [0.2, 0.25) is 5.89 Å². The smallest absolute Gasteiger partial charge is 0.226 e. The number of nitrogens with one attached hydrogen (secondary N) is 2. The van der Waals surface area contributed by atoms with E-state index in [0.29, 0.717) is 24.9 Å². The van der Waals surface area contributed by atoms with Crippen molar-refractivity contribution in [3.8, 4) is 11.5 Å². The topological polar surface area (TPSA) is 62.5 Å². The van der Waals surface area contributed by atoms with Crippen LogP contribution in [0.3, 0.4) is 0 Å². The van der Waals surface area contributed by atoms with Crippen molar-refractivity contribution in [2.24, 2.45) is 4.99 Å². The van der Waals surface area contributed by atoms with Crippen molar-refractivity contribution in [1.29, 1.82) is 0 Å². The number of hydrogen-bond donors (Lipinski definition) is 2. The van der Waals surface area contributed by atoms with E-state index in [1.165, 1.54) is 17.7 Å². The summed E-state index contributed by atoms with van der Waals surface area (Å²) in [6.07, 6.45) is 4.38. The number of hydrogen-bond acceptors (Lipinski definition) is 3. The van der Waals surface area contributed by atoms with Crippen LogP contribution in [-0.2, 0) is 12.8 Å². The first-order chi connectivity index (χ1) is 14.1. The number of oxazole rings is 1. The summed E-state index contributed by atoms with van der Waals surface area (Å²) in [5, 5.41) is 6.73. The average Bonchev–Trinajstić information content (AvgIpc) is 3.21. The van der Waals surface area contributed by atoms with Crippen LogP contribution in [0.2, 0.25) is 0 Å². The third kappa shape index (κ3) is 6.45. The molecule has 0 saturated heterocycles. The molecule has 0 spiro atoms. The highest BCUT2D eigenvalue weighted by Crippen LogP contribution is 2.19. The summed E-state index contributed by atoms with van der Waals surface area (Å²) >= 11 is 0. The molecule has 0 radical (unpaired) electrons. The molecular formula is C23H27FN4O. The predicted molar refractivity (Wildman–Crippen MR) is 114 cm³/mol. The van der Waals surface area contributed by atoms with Crippen LogP contribution in [-0.4, -0.2) is 30.6 Å². The summed E-state index contributed by atoms with van der Waals surface area (Å²) in [5.74, 6) is 0.992. The van der Waals surface area contributed by atoms with Crippen LogP contribution < -0.4 is 10.6 Å². The molecule has 3 aromatic rings. The highest BCUT2D eigenvalue weighted by Gasteiger charge is 2.08.